The molecule has 0 spiro atoms. The summed E-state index contributed by atoms with van der Waals surface area (Å²) >= 11 is 0. The van der Waals surface area contributed by atoms with Gasteiger partial charge in [-0.1, -0.05) is 18.2 Å². The second-order valence-electron chi connectivity index (χ2n) is 7.06. The highest BCUT2D eigenvalue weighted by molar-refractivity contribution is 6.42. The lowest BCUT2D eigenvalue weighted by atomic mass is 10.1. The first-order valence-corrected chi connectivity index (χ1v) is 9.45. The van der Waals surface area contributed by atoms with Crippen molar-refractivity contribution in [1.29, 1.82) is 0 Å². The maximum absolute atomic E-state index is 12.7. The van der Waals surface area contributed by atoms with Crippen LogP contribution in [0.1, 0.15) is 27.8 Å². The van der Waals surface area contributed by atoms with Gasteiger partial charge in [0.25, 0.3) is 17.6 Å². The minimum atomic E-state index is -0.640. The van der Waals surface area contributed by atoms with Gasteiger partial charge < -0.3 is 9.80 Å². The van der Waals surface area contributed by atoms with E-state index in [1.165, 1.54) is 4.90 Å². The van der Waals surface area contributed by atoms with Crippen LogP contribution in [0, 0.1) is 0 Å². The van der Waals surface area contributed by atoms with Gasteiger partial charge in [0.1, 0.15) is 5.69 Å². The first-order chi connectivity index (χ1) is 14.0. The summed E-state index contributed by atoms with van der Waals surface area (Å²) in [5.74, 6) is -1.30. The number of piperazine rings is 1. The van der Waals surface area contributed by atoms with E-state index in [9.17, 15) is 14.4 Å². The molecule has 146 valence electrons. The summed E-state index contributed by atoms with van der Waals surface area (Å²) < 4.78 is 0. The normalized spacial score (nSPS) is 16.7. The van der Waals surface area contributed by atoms with Gasteiger partial charge in [-0.15, -0.1) is 0 Å². The van der Waals surface area contributed by atoms with Crippen LogP contribution in [-0.2, 0) is 4.79 Å². The molecule has 2 amide bonds. The van der Waals surface area contributed by atoms with E-state index in [2.05, 4.69) is 9.97 Å². The molecule has 3 aromatic rings. The first kappa shape index (κ1) is 18.7. The lowest BCUT2D eigenvalue weighted by Gasteiger charge is -2.39. The van der Waals surface area contributed by atoms with Gasteiger partial charge in [0.2, 0.25) is 0 Å². The van der Waals surface area contributed by atoms with Crippen molar-refractivity contribution in [1.82, 2.24) is 19.8 Å². The molecule has 2 aromatic heterocycles. The minimum Gasteiger partial charge on any atom is -0.332 e. The van der Waals surface area contributed by atoms with E-state index in [0.717, 1.165) is 5.39 Å². The van der Waals surface area contributed by atoms with Crippen molar-refractivity contribution in [2.24, 2.45) is 0 Å². The molecule has 1 aliphatic heterocycles. The molecule has 0 N–H and O–H groups in total. The number of hydrogen-bond acceptors (Lipinski definition) is 5. The number of nitrogens with zero attached hydrogens (tertiary/aromatic N) is 4. The van der Waals surface area contributed by atoms with Crippen molar-refractivity contribution in [3.63, 3.8) is 0 Å². The highest BCUT2D eigenvalue weighted by Gasteiger charge is 2.33. The smallest absolute Gasteiger partial charge is 0.296 e. The molecule has 1 saturated heterocycles. The second-order valence-corrected chi connectivity index (χ2v) is 7.06. The fourth-order valence-corrected chi connectivity index (χ4v) is 3.54. The van der Waals surface area contributed by atoms with E-state index < -0.39 is 11.7 Å². The van der Waals surface area contributed by atoms with Gasteiger partial charge in [-0.25, -0.2) is 4.98 Å². The van der Waals surface area contributed by atoms with Crippen molar-refractivity contribution in [3.05, 3.63) is 72.2 Å². The van der Waals surface area contributed by atoms with Crippen LogP contribution in [-0.4, -0.2) is 63.0 Å². The van der Waals surface area contributed by atoms with Gasteiger partial charge in [-0.2, -0.15) is 0 Å². The van der Waals surface area contributed by atoms with Crippen molar-refractivity contribution >= 4 is 28.5 Å². The Morgan fingerprint density at radius 2 is 1.79 bits per heavy atom. The van der Waals surface area contributed by atoms with Crippen LogP contribution in [0.2, 0.25) is 0 Å². The lowest BCUT2D eigenvalue weighted by Crippen LogP contribution is -2.56. The zero-order valence-corrected chi connectivity index (χ0v) is 16.0. The van der Waals surface area contributed by atoms with Crippen LogP contribution in [0.25, 0.3) is 10.9 Å². The quantitative estimate of drug-likeness (QED) is 0.507. The van der Waals surface area contributed by atoms with E-state index in [1.807, 2.05) is 25.1 Å². The number of carbonyl (C=O) groups excluding carboxylic acids is 3. The van der Waals surface area contributed by atoms with Gasteiger partial charge in [-0.05, 0) is 37.3 Å². The van der Waals surface area contributed by atoms with Crippen molar-refractivity contribution < 1.29 is 14.4 Å². The summed E-state index contributed by atoms with van der Waals surface area (Å²) in [5.41, 5.74) is 1.35. The van der Waals surface area contributed by atoms with E-state index in [4.69, 9.17) is 0 Å². The summed E-state index contributed by atoms with van der Waals surface area (Å²) in [6, 6.07) is 13.8. The van der Waals surface area contributed by atoms with Crippen LogP contribution < -0.4 is 0 Å². The Labute approximate surface area is 168 Å². The Balaban J connectivity index is 1.46. The molecule has 0 radical (unpaired) electrons. The monoisotopic (exact) mass is 388 g/mol. The molecular weight excluding hydrogens is 368 g/mol. The summed E-state index contributed by atoms with van der Waals surface area (Å²) in [4.78, 5) is 49.7. The standard InChI is InChI=1S/C22H20N4O3/c1-15-14-25(11-12-26(15)21(28)16-5-3-2-4-6-16)22(29)20(27)19-8-7-17-13-23-10-9-18(17)24-19/h2-10,13,15H,11-12,14H2,1H3/t15-/m0/s1. The number of hydrogen-bond donors (Lipinski definition) is 0. The van der Waals surface area contributed by atoms with E-state index in [-0.39, 0.29) is 17.6 Å². The third kappa shape index (κ3) is 3.71. The van der Waals surface area contributed by atoms with Crippen LogP contribution in [0.4, 0.5) is 0 Å². The predicted octanol–water partition coefficient (Wildman–Crippen LogP) is 2.19. The number of ketones is 1. The fraction of sp³-hybridized carbons (Fsp3) is 0.227. The molecule has 3 heterocycles. The molecule has 1 aromatic carbocycles. The number of amides is 2. The van der Waals surface area contributed by atoms with Crippen LogP contribution >= 0.6 is 0 Å². The Bertz CT molecular complexity index is 1080. The van der Waals surface area contributed by atoms with Crippen LogP contribution in [0.3, 0.4) is 0 Å². The number of carbonyl (C=O) groups is 3. The maximum Gasteiger partial charge on any atom is 0.296 e. The van der Waals surface area contributed by atoms with Gasteiger partial charge >= 0.3 is 0 Å². The molecule has 1 atom stereocenters. The number of fused-ring (bicyclic) bond motifs is 1. The highest BCUT2D eigenvalue weighted by atomic mass is 16.2. The largest absolute Gasteiger partial charge is 0.332 e. The van der Waals surface area contributed by atoms with Crippen molar-refractivity contribution in [2.75, 3.05) is 19.6 Å². The summed E-state index contributed by atoms with van der Waals surface area (Å²) in [6.07, 6.45) is 3.25. The number of Topliss-reactive ketones (excluding diaryl/α,β-unsaturated/α-hetero) is 1. The van der Waals surface area contributed by atoms with Crippen molar-refractivity contribution in [2.45, 2.75) is 13.0 Å². The lowest BCUT2D eigenvalue weighted by molar-refractivity contribution is -0.128. The summed E-state index contributed by atoms with van der Waals surface area (Å²) in [7, 11) is 0. The van der Waals surface area contributed by atoms with E-state index in [1.54, 1.807) is 47.6 Å². The van der Waals surface area contributed by atoms with Crippen molar-refractivity contribution in [3.8, 4) is 0 Å². The molecule has 1 fully saturated rings. The average Bonchev–Trinajstić information content (AvgIpc) is 2.77. The fourth-order valence-electron chi connectivity index (χ4n) is 3.54. The molecule has 7 heteroatoms. The summed E-state index contributed by atoms with van der Waals surface area (Å²) in [5, 5.41) is 0.804. The highest BCUT2D eigenvalue weighted by Crippen LogP contribution is 2.16. The van der Waals surface area contributed by atoms with E-state index >= 15 is 0 Å². The molecule has 0 unspecified atom stereocenters. The molecule has 1 aliphatic rings. The topological polar surface area (TPSA) is 83.5 Å². The number of benzene rings is 1. The van der Waals surface area contributed by atoms with E-state index in [0.29, 0.717) is 30.7 Å². The third-order valence-electron chi connectivity index (χ3n) is 5.11. The van der Waals surface area contributed by atoms with Crippen LogP contribution in [0.5, 0.6) is 0 Å². The Kier molecular flexibility index (Phi) is 5.03. The van der Waals surface area contributed by atoms with Crippen LogP contribution in [0.15, 0.2) is 60.9 Å². The molecule has 0 bridgehead atoms. The molecular formula is C22H20N4O3. The Hall–Kier alpha value is -3.61. The first-order valence-electron chi connectivity index (χ1n) is 9.45. The molecule has 7 nitrogen and oxygen atoms in total. The van der Waals surface area contributed by atoms with Gasteiger partial charge in [0.05, 0.1) is 5.52 Å². The molecule has 4 rings (SSSR count). The van der Waals surface area contributed by atoms with Gasteiger partial charge in [-0.3, -0.25) is 19.4 Å². The average molecular weight is 388 g/mol. The number of rotatable bonds is 3. The molecule has 29 heavy (non-hydrogen) atoms. The summed E-state index contributed by atoms with van der Waals surface area (Å²) in [6.45, 7) is 2.88. The zero-order valence-electron chi connectivity index (χ0n) is 16.0. The molecule has 0 aliphatic carbocycles. The predicted molar refractivity (Wildman–Crippen MR) is 107 cm³/mol. The van der Waals surface area contributed by atoms with Gasteiger partial charge in [0.15, 0.2) is 0 Å². The Morgan fingerprint density at radius 3 is 2.55 bits per heavy atom. The third-order valence-corrected chi connectivity index (χ3v) is 5.11. The maximum atomic E-state index is 12.7. The minimum absolute atomic E-state index is 0.0682. The molecule has 0 saturated carbocycles. The Morgan fingerprint density at radius 1 is 1.00 bits per heavy atom. The number of pyridine rings is 2. The second kappa shape index (κ2) is 7.79. The SMILES string of the molecule is C[C@H]1CN(C(=O)C(=O)c2ccc3cnccc3n2)CCN1C(=O)c1ccccc1. The van der Waals surface area contributed by atoms with Gasteiger partial charge in [0, 0.05) is 49.0 Å². The zero-order chi connectivity index (χ0) is 20.4. The number of aromatic nitrogens is 2.